The molecule has 1 aromatic carbocycles. The first-order chi connectivity index (χ1) is 6.75. The minimum absolute atomic E-state index is 0.0192. The second-order valence-corrected chi connectivity index (χ2v) is 3.78. The molecule has 72 valence electrons. The van der Waals surface area contributed by atoms with Crippen molar-refractivity contribution in [1.29, 1.82) is 0 Å². The molecule has 2 nitrogen and oxygen atoms in total. The van der Waals surface area contributed by atoms with Gasteiger partial charge in [0, 0.05) is 11.6 Å². The van der Waals surface area contributed by atoms with Crippen molar-refractivity contribution in [3.63, 3.8) is 0 Å². The van der Waals surface area contributed by atoms with Crippen LogP contribution >= 0.6 is 11.3 Å². The quantitative estimate of drug-likeness (QED) is 0.742. The van der Waals surface area contributed by atoms with E-state index in [1.807, 2.05) is 0 Å². The molecule has 0 saturated heterocycles. The minimum Gasteiger partial charge on any atom is -0.302 e. The standard InChI is InChI=1S/C10H8FNOS/c11-9-3-1-2-8(6-9)7-12-4-5-14-10(12)13/h1-6H,7H2. The lowest BCUT2D eigenvalue weighted by molar-refractivity contribution is 0.623. The zero-order chi connectivity index (χ0) is 9.97. The van der Waals surface area contributed by atoms with Gasteiger partial charge in [-0.2, -0.15) is 0 Å². The Morgan fingerprint density at radius 2 is 2.29 bits per heavy atom. The van der Waals surface area contributed by atoms with Crippen LogP contribution in [0.5, 0.6) is 0 Å². The summed E-state index contributed by atoms with van der Waals surface area (Å²) in [6, 6.07) is 6.26. The molecular formula is C10H8FNOS. The van der Waals surface area contributed by atoms with Gasteiger partial charge in [-0.05, 0) is 17.7 Å². The highest BCUT2D eigenvalue weighted by molar-refractivity contribution is 7.07. The Bertz CT molecular complexity index is 489. The van der Waals surface area contributed by atoms with Crippen molar-refractivity contribution in [3.05, 3.63) is 56.9 Å². The third-order valence-electron chi connectivity index (χ3n) is 1.89. The summed E-state index contributed by atoms with van der Waals surface area (Å²) in [7, 11) is 0. The van der Waals surface area contributed by atoms with Crippen molar-refractivity contribution in [1.82, 2.24) is 4.57 Å². The predicted molar refractivity (Wildman–Crippen MR) is 54.1 cm³/mol. The average molecular weight is 209 g/mol. The monoisotopic (exact) mass is 209 g/mol. The molecule has 0 aliphatic heterocycles. The van der Waals surface area contributed by atoms with E-state index < -0.39 is 0 Å². The van der Waals surface area contributed by atoms with Gasteiger partial charge in [0.1, 0.15) is 5.82 Å². The van der Waals surface area contributed by atoms with Gasteiger partial charge in [0.05, 0.1) is 6.54 Å². The van der Waals surface area contributed by atoms with E-state index in [9.17, 15) is 9.18 Å². The molecule has 0 fully saturated rings. The molecule has 0 saturated carbocycles. The summed E-state index contributed by atoms with van der Waals surface area (Å²) in [6.07, 6.45) is 1.71. The van der Waals surface area contributed by atoms with Crippen LogP contribution in [0.3, 0.4) is 0 Å². The molecule has 0 amide bonds. The summed E-state index contributed by atoms with van der Waals surface area (Å²) in [5, 5.41) is 1.72. The van der Waals surface area contributed by atoms with Crippen molar-refractivity contribution < 1.29 is 4.39 Å². The first kappa shape index (κ1) is 9.15. The Hall–Kier alpha value is -1.42. The molecule has 0 atom stereocenters. The van der Waals surface area contributed by atoms with E-state index in [0.717, 1.165) is 16.9 Å². The highest BCUT2D eigenvalue weighted by Crippen LogP contribution is 2.05. The number of hydrogen-bond acceptors (Lipinski definition) is 2. The summed E-state index contributed by atoms with van der Waals surface area (Å²) in [5.41, 5.74) is 0.797. The number of thiazole rings is 1. The second kappa shape index (κ2) is 3.75. The van der Waals surface area contributed by atoms with E-state index in [-0.39, 0.29) is 10.7 Å². The molecule has 0 N–H and O–H groups in total. The number of hydrogen-bond donors (Lipinski definition) is 0. The topological polar surface area (TPSA) is 22.0 Å². The number of halogens is 1. The molecule has 14 heavy (non-hydrogen) atoms. The van der Waals surface area contributed by atoms with Gasteiger partial charge in [0.15, 0.2) is 0 Å². The fourth-order valence-corrected chi connectivity index (χ4v) is 1.82. The van der Waals surface area contributed by atoms with Gasteiger partial charge in [-0.25, -0.2) is 4.39 Å². The molecular weight excluding hydrogens is 201 g/mol. The molecule has 0 aliphatic carbocycles. The summed E-state index contributed by atoms with van der Waals surface area (Å²) in [4.78, 5) is 11.2. The molecule has 0 aliphatic rings. The fraction of sp³-hybridized carbons (Fsp3) is 0.100. The Morgan fingerprint density at radius 1 is 1.43 bits per heavy atom. The third kappa shape index (κ3) is 1.90. The van der Waals surface area contributed by atoms with Crippen LogP contribution < -0.4 is 4.87 Å². The van der Waals surface area contributed by atoms with Crippen molar-refractivity contribution in [2.45, 2.75) is 6.54 Å². The van der Waals surface area contributed by atoms with E-state index in [2.05, 4.69) is 0 Å². The van der Waals surface area contributed by atoms with E-state index in [0.29, 0.717) is 6.54 Å². The first-order valence-electron chi connectivity index (χ1n) is 4.14. The number of benzene rings is 1. The third-order valence-corrected chi connectivity index (χ3v) is 2.58. The molecule has 2 rings (SSSR count). The van der Waals surface area contributed by atoms with Gasteiger partial charge in [0.25, 0.3) is 0 Å². The molecule has 0 spiro atoms. The first-order valence-corrected chi connectivity index (χ1v) is 5.02. The van der Waals surface area contributed by atoms with Gasteiger partial charge in [-0.1, -0.05) is 23.5 Å². The summed E-state index contributed by atoms with van der Waals surface area (Å²) in [6.45, 7) is 0.431. The van der Waals surface area contributed by atoms with Crippen LogP contribution in [0.25, 0.3) is 0 Å². The zero-order valence-corrected chi connectivity index (χ0v) is 8.13. The van der Waals surface area contributed by atoms with Crippen LogP contribution in [0.2, 0.25) is 0 Å². The summed E-state index contributed by atoms with van der Waals surface area (Å²) in [5.74, 6) is -0.272. The van der Waals surface area contributed by atoms with Crippen LogP contribution in [-0.4, -0.2) is 4.57 Å². The fourth-order valence-electron chi connectivity index (χ4n) is 1.24. The normalized spacial score (nSPS) is 10.4. The molecule has 4 heteroatoms. The highest BCUT2D eigenvalue weighted by Gasteiger charge is 1.99. The van der Waals surface area contributed by atoms with Crippen molar-refractivity contribution in [3.8, 4) is 0 Å². The van der Waals surface area contributed by atoms with E-state index in [4.69, 9.17) is 0 Å². The van der Waals surface area contributed by atoms with Gasteiger partial charge in [-0.15, -0.1) is 0 Å². The van der Waals surface area contributed by atoms with Crippen LogP contribution in [0.15, 0.2) is 40.6 Å². The van der Waals surface area contributed by atoms with Crippen molar-refractivity contribution in [2.24, 2.45) is 0 Å². The molecule has 1 aromatic heterocycles. The lowest BCUT2D eigenvalue weighted by atomic mass is 10.2. The maximum absolute atomic E-state index is 12.8. The molecule has 0 bridgehead atoms. The summed E-state index contributed by atoms with van der Waals surface area (Å²) >= 11 is 1.14. The lowest BCUT2D eigenvalue weighted by Crippen LogP contribution is -2.12. The predicted octanol–water partition coefficient (Wildman–Crippen LogP) is 2.10. The van der Waals surface area contributed by atoms with E-state index >= 15 is 0 Å². The number of aromatic nitrogens is 1. The maximum Gasteiger partial charge on any atom is 0.307 e. The largest absolute Gasteiger partial charge is 0.307 e. The average Bonchev–Trinajstić information content (AvgIpc) is 2.52. The Morgan fingerprint density at radius 3 is 2.93 bits per heavy atom. The lowest BCUT2D eigenvalue weighted by Gasteiger charge is -2.00. The maximum atomic E-state index is 12.8. The summed E-state index contributed by atoms with van der Waals surface area (Å²) < 4.78 is 14.4. The van der Waals surface area contributed by atoms with Gasteiger partial charge in [-0.3, -0.25) is 4.79 Å². The Kier molecular flexibility index (Phi) is 2.45. The van der Waals surface area contributed by atoms with Gasteiger partial charge >= 0.3 is 4.87 Å². The Labute approximate surface area is 84.3 Å². The molecule has 1 heterocycles. The Balaban J connectivity index is 2.27. The second-order valence-electron chi connectivity index (χ2n) is 2.93. The minimum atomic E-state index is -0.272. The zero-order valence-electron chi connectivity index (χ0n) is 7.31. The number of rotatable bonds is 2. The SMILES string of the molecule is O=c1sccn1Cc1cccc(F)c1. The van der Waals surface area contributed by atoms with Crippen molar-refractivity contribution >= 4 is 11.3 Å². The van der Waals surface area contributed by atoms with Gasteiger partial charge < -0.3 is 4.57 Å². The van der Waals surface area contributed by atoms with Crippen LogP contribution in [-0.2, 0) is 6.54 Å². The highest BCUT2D eigenvalue weighted by atomic mass is 32.1. The van der Waals surface area contributed by atoms with Crippen LogP contribution in [0.1, 0.15) is 5.56 Å². The van der Waals surface area contributed by atoms with E-state index in [1.165, 1.54) is 12.1 Å². The van der Waals surface area contributed by atoms with Crippen LogP contribution in [0, 0.1) is 5.82 Å². The van der Waals surface area contributed by atoms with E-state index in [1.54, 1.807) is 28.3 Å². The smallest absolute Gasteiger partial charge is 0.302 e. The molecule has 0 unspecified atom stereocenters. The number of nitrogens with zero attached hydrogens (tertiary/aromatic N) is 1. The molecule has 0 radical (unpaired) electrons. The van der Waals surface area contributed by atoms with Crippen molar-refractivity contribution in [2.75, 3.05) is 0 Å². The molecule has 2 aromatic rings. The van der Waals surface area contributed by atoms with Gasteiger partial charge in [0.2, 0.25) is 0 Å². The van der Waals surface area contributed by atoms with Crippen LogP contribution in [0.4, 0.5) is 4.39 Å².